The molecule has 2 aromatic carbocycles. The van der Waals surface area contributed by atoms with Crippen molar-refractivity contribution in [3.63, 3.8) is 0 Å². The minimum absolute atomic E-state index is 0.0571. The van der Waals surface area contributed by atoms with Gasteiger partial charge in [-0.05, 0) is 47.7 Å². The van der Waals surface area contributed by atoms with Crippen molar-refractivity contribution in [1.82, 2.24) is 0 Å². The van der Waals surface area contributed by atoms with E-state index in [0.29, 0.717) is 30.6 Å². The standard InChI is InChI=1S/C24H27F3N2O3/c1-4-10-29(23(32)24(25,26)27)21-9-8-16(15(2)3)12-20(21)17-6-5-7-19(11-17)28-13-18(14-28)22(30)31/h5-9,11-12,15,18H,4,10,13-14H2,1-3H3,(H,30,31). The number of amides is 1. The normalized spacial score (nSPS) is 14.4. The van der Waals surface area contributed by atoms with E-state index in [4.69, 9.17) is 5.11 Å². The van der Waals surface area contributed by atoms with Crippen molar-refractivity contribution in [2.75, 3.05) is 29.4 Å². The number of carbonyl (C=O) groups excluding carboxylic acids is 1. The SMILES string of the molecule is CCCN(C(=O)C(F)(F)F)c1ccc(C(C)C)cc1-c1cccc(N2CC(C(=O)O)C2)c1. The molecule has 1 amide bonds. The van der Waals surface area contributed by atoms with Crippen molar-refractivity contribution in [2.24, 2.45) is 5.92 Å². The van der Waals surface area contributed by atoms with Crippen molar-refractivity contribution >= 4 is 23.3 Å². The van der Waals surface area contributed by atoms with Gasteiger partial charge in [0.1, 0.15) is 0 Å². The molecular formula is C24H27F3N2O3. The zero-order valence-corrected chi connectivity index (χ0v) is 18.3. The number of hydrogen-bond acceptors (Lipinski definition) is 3. The Hall–Kier alpha value is -3.03. The molecule has 1 aliphatic rings. The highest BCUT2D eigenvalue weighted by Gasteiger charge is 2.43. The molecule has 0 atom stereocenters. The molecule has 0 aliphatic carbocycles. The molecule has 0 unspecified atom stereocenters. The second-order valence-corrected chi connectivity index (χ2v) is 8.38. The van der Waals surface area contributed by atoms with Crippen molar-refractivity contribution in [2.45, 2.75) is 39.3 Å². The predicted molar refractivity (Wildman–Crippen MR) is 118 cm³/mol. The molecule has 172 valence electrons. The molecule has 32 heavy (non-hydrogen) atoms. The summed E-state index contributed by atoms with van der Waals surface area (Å²) < 4.78 is 40.0. The molecule has 0 bridgehead atoms. The fourth-order valence-electron chi connectivity index (χ4n) is 3.80. The summed E-state index contributed by atoms with van der Waals surface area (Å²) in [6.45, 7) is 6.41. The number of hydrogen-bond donors (Lipinski definition) is 1. The summed E-state index contributed by atoms with van der Waals surface area (Å²) in [6.07, 6.45) is -4.61. The van der Waals surface area contributed by atoms with E-state index < -0.39 is 24.0 Å². The number of rotatable bonds is 7. The number of nitrogens with zero attached hydrogens (tertiary/aromatic N) is 2. The lowest BCUT2D eigenvalue weighted by Gasteiger charge is -2.38. The van der Waals surface area contributed by atoms with Crippen LogP contribution in [0.3, 0.4) is 0 Å². The third-order valence-electron chi connectivity index (χ3n) is 5.67. The smallest absolute Gasteiger partial charge is 0.471 e. The summed E-state index contributed by atoms with van der Waals surface area (Å²) in [5, 5.41) is 9.12. The number of carbonyl (C=O) groups is 2. The van der Waals surface area contributed by atoms with Gasteiger partial charge in [0.25, 0.3) is 0 Å². The number of alkyl halides is 3. The number of aliphatic carboxylic acids is 1. The summed E-state index contributed by atoms with van der Waals surface area (Å²) in [5.74, 6) is -3.01. The maximum absolute atomic E-state index is 13.3. The first-order valence-corrected chi connectivity index (χ1v) is 10.6. The molecule has 8 heteroatoms. The molecule has 3 rings (SSSR count). The van der Waals surface area contributed by atoms with E-state index in [0.717, 1.165) is 16.2 Å². The molecule has 1 fully saturated rings. The Labute approximate surface area is 185 Å². The predicted octanol–water partition coefficient (Wildman–Crippen LogP) is 5.30. The third kappa shape index (κ3) is 4.89. The molecule has 1 N–H and O–H groups in total. The minimum Gasteiger partial charge on any atom is -0.481 e. The second kappa shape index (κ2) is 9.22. The van der Waals surface area contributed by atoms with Gasteiger partial charge >= 0.3 is 18.1 Å². The Morgan fingerprint density at radius 3 is 2.41 bits per heavy atom. The van der Waals surface area contributed by atoms with Crippen molar-refractivity contribution in [1.29, 1.82) is 0 Å². The third-order valence-corrected chi connectivity index (χ3v) is 5.67. The van der Waals surface area contributed by atoms with Crippen LogP contribution in [0, 0.1) is 5.92 Å². The molecule has 1 heterocycles. The zero-order chi connectivity index (χ0) is 23.6. The number of carboxylic acids is 1. The lowest BCUT2D eigenvalue weighted by molar-refractivity contribution is -0.170. The fourth-order valence-corrected chi connectivity index (χ4v) is 3.80. The van der Waals surface area contributed by atoms with E-state index in [2.05, 4.69) is 0 Å². The largest absolute Gasteiger partial charge is 0.481 e. The van der Waals surface area contributed by atoms with Crippen LogP contribution in [0.2, 0.25) is 0 Å². The Morgan fingerprint density at radius 2 is 1.84 bits per heavy atom. The molecule has 2 aromatic rings. The van der Waals surface area contributed by atoms with Gasteiger partial charge in [0.15, 0.2) is 0 Å². The first-order valence-electron chi connectivity index (χ1n) is 10.6. The number of anilines is 2. The Bertz CT molecular complexity index is 998. The average Bonchev–Trinajstić information content (AvgIpc) is 2.69. The van der Waals surface area contributed by atoms with Gasteiger partial charge in [0, 0.05) is 30.9 Å². The Kier molecular flexibility index (Phi) is 6.81. The first-order chi connectivity index (χ1) is 15.0. The monoisotopic (exact) mass is 448 g/mol. The highest BCUT2D eigenvalue weighted by molar-refractivity contribution is 6.01. The number of benzene rings is 2. The maximum atomic E-state index is 13.3. The quantitative estimate of drug-likeness (QED) is 0.624. The summed E-state index contributed by atoms with van der Waals surface area (Å²) in [4.78, 5) is 26.1. The lowest BCUT2D eigenvalue weighted by Crippen LogP contribution is -2.50. The molecular weight excluding hydrogens is 421 g/mol. The Morgan fingerprint density at radius 1 is 1.16 bits per heavy atom. The number of carboxylic acid groups (broad SMARTS) is 1. The topological polar surface area (TPSA) is 60.9 Å². The lowest BCUT2D eigenvalue weighted by atomic mass is 9.94. The zero-order valence-electron chi connectivity index (χ0n) is 18.3. The van der Waals surface area contributed by atoms with E-state index in [9.17, 15) is 22.8 Å². The van der Waals surface area contributed by atoms with Gasteiger partial charge in [-0.1, -0.05) is 39.0 Å². The van der Waals surface area contributed by atoms with Crippen LogP contribution in [-0.2, 0) is 9.59 Å². The van der Waals surface area contributed by atoms with Gasteiger partial charge < -0.3 is 14.9 Å². The molecule has 1 aliphatic heterocycles. The average molecular weight is 448 g/mol. The van der Waals surface area contributed by atoms with Gasteiger partial charge in [-0.2, -0.15) is 13.2 Å². The van der Waals surface area contributed by atoms with Crippen molar-refractivity contribution < 1.29 is 27.9 Å². The van der Waals surface area contributed by atoms with E-state index in [-0.39, 0.29) is 18.2 Å². The van der Waals surface area contributed by atoms with Crippen LogP contribution in [0.1, 0.15) is 38.7 Å². The molecule has 0 aromatic heterocycles. The maximum Gasteiger partial charge on any atom is 0.471 e. The molecule has 0 saturated carbocycles. The van der Waals surface area contributed by atoms with Crippen LogP contribution in [0.15, 0.2) is 42.5 Å². The first kappa shape index (κ1) is 23.6. The van der Waals surface area contributed by atoms with Crippen LogP contribution >= 0.6 is 0 Å². The minimum atomic E-state index is -4.98. The molecule has 0 spiro atoms. The number of halogens is 3. The highest BCUT2D eigenvalue weighted by atomic mass is 19.4. The van der Waals surface area contributed by atoms with Gasteiger partial charge in [0.05, 0.1) is 11.6 Å². The van der Waals surface area contributed by atoms with E-state index in [1.807, 2.05) is 36.9 Å². The van der Waals surface area contributed by atoms with Crippen LogP contribution in [0.4, 0.5) is 24.5 Å². The summed E-state index contributed by atoms with van der Waals surface area (Å²) in [7, 11) is 0. The van der Waals surface area contributed by atoms with E-state index in [1.165, 1.54) is 0 Å². The van der Waals surface area contributed by atoms with Gasteiger partial charge in [0.2, 0.25) is 0 Å². The summed E-state index contributed by atoms with van der Waals surface area (Å²) >= 11 is 0. The van der Waals surface area contributed by atoms with Crippen LogP contribution in [0.5, 0.6) is 0 Å². The van der Waals surface area contributed by atoms with E-state index >= 15 is 0 Å². The van der Waals surface area contributed by atoms with Crippen molar-refractivity contribution in [3.05, 3.63) is 48.0 Å². The molecule has 0 radical (unpaired) electrons. The van der Waals surface area contributed by atoms with Gasteiger partial charge in [-0.3, -0.25) is 9.59 Å². The fraction of sp³-hybridized carbons (Fsp3) is 0.417. The van der Waals surface area contributed by atoms with E-state index in [1.54, 1.807) is 31.2 Å². The van der Waals surface area contributed by atoms with Crippen molar-refractivity contribution in [3.8, 4) is 11.1 Å². The van der Waals surface area contributed by atoms with Crippen LogP contribution in [-0.4, -0.2) is 42.8 Å². The van der Waals surface area contributed by atoms with Crippen LogP contribution < -0.4 is 9.80 Å². The summed E-state index contributed by atoms with van der Waals surface area (Å²) in [6, 6.07) is 12.4. The van der Waals surface area contributed by atoms with Gasteiger partial charge in [-0.25, -0.2) is 0 Å². The second-order valence-electron chi connectivity index (χ2n) is 8.38. The summed E-state index contributed by atoms with van der Waals surface area (Å²) in [5.41, 5.74) is 3.17. The molecule has 5 nitrogen and oxygen atoms in total. The molecule has 1 saturated heterocycles. The van der Waals surface area contributed by atoms with Crippen LogP contribution in [0.25, 0.3) is 11.1 Å². The Balaban J connectivity index is 2.07. The van der Waals surface area contributed by atoms with Gasteiger partial charge in [-0.15, -0.1) is 0 Å². The highest BCUT2D eigenvalue weighted by Crippen LogP contribution is 2.38.